The van der Waals surface area contributed by atoms with Crippen molar-refractivity contribution in [2.75, 3.05) is 36.4 Å². The van der Waals surface area contributed by atoms with Gasteiger partial charge in [0.25, 0.3) is 5.91 Å². The maximum absolute atomic E-state index is 12.6. The molecule has 1 amide bonds. The monoisotopic (exact) mass is 447 g/mol. The summed E-state index contributed by atoms with van der Waals surface area (Å²) in [6.07, 6.45) is 0. The van der Waals surface area contributed by atoms with Gasteiger partial charge in [0, 0.05) is 40.4 Å². The number of nitrogens with zero attached hydrogens (tertiary/aromatic N) is 1. The van der Waals surface area contributed by atoms with Crippen LogP contribution in [0.15, 0.2) is 47.5 Å². The van der Waals surface area contributed by atoms with Crippen LogP contribution in [-0.4, -0.2) is 56.5 Å². The summed E-state index contributed by atoms with van der Waals surface area (Å²) in [5.41, 5.74) is 1.84. The number of carbonyl (C=O) groups excluding carboxylic acids is 1. The number of hydrogen-bond donors (Lipinski definition) is 2. The summed E-state index contributed by atoms with van der Waals surface area (Å²) in [6.45, 7) is 0. The molecule has 0 saturated carbocycles. The Morgan fingerprint density at radius 2 is 1.70 bits per heavy atom. The van der Waals surface area contributed by atoms with E-state index in [1.807, 2.05) is 0 Å². The molecule has 1 fully saturated rings. The molecular formula is C20H21N3O5S2. The molecule has 2 aromatic carbocycles. The van der Waals surface area contributed by atoms with E-state index >= 15 is 0 Å². The summed E-state index contributed by atoms with van der Waals surface area (Å²) in [7, 11) is 0.126. The van der Waals surface area contributed by atoms with Crippen LogP contribution in [-0.2, 0) is 9.84 Å². The molecule has 1 saturated heterocycles. The van der Waals surface area contributed by atoms with E-state index in [-0.39, 0.29) is 28.7 Å². The van der Waals surface area contributed by atoms with Crippen molar-refractivity contribution in [3.8, 4) is 11.5 Å². The second-order valence-corrected chi connectivity index (χ2v) is 10.4. The Labute approximate surface area is 179 Å². The molecule has 0 radical (unpaired) electrons. The topological polar surface area (TPSA) is 106 Å². The summed E-state index contributed by atoms with van der Waals surface area (Å²) in [6, 6.07) is 12.0. The SMILES string of the molecule is COc1cc(NC(=O)c2ccc(NC3=N[C@@H]4CS(=O)(=O)C[C@H]4S3)cc2)cc(OC)c1. The Morgan fingerprint density at radius 1 is 1.03 bits per heavy atom. The van der Waals surface area contributed by atoms with Gasteiger partial charge in [-0.2, -0.15) is 0 Å². The van der Waals surface area contributed by atoms with Crippen LogP contribution >= 0.6 is 11.8 Å². The van der Waals surface area contributed by atoms with Crippen LogP contribution in [0.2, 0.25) is 0 Å². The first-order valence-electron chi connectivity index (χ1n) is 9.21. The number of carbonyl (C=O) groups is 1. The molecule has 2 aliphatic heterocycles. The molecule has 0 bridgehead atoms. The number of amides is 1. The Kier molecular flexibility index (Phi) is 5.61. The minimum atomic E-state index is -2.97. The van der Waals surface area contributed by atoms with Gasteiger partial charge in [-0.25, -0.2) is 8.42 Å². The van der Waals surface area contributed by atoms with Gasteiger partial charge in [-0.15, -0.1) is 0 Å². The molecule has 0 aromatic heterocycles. The van der Waals surface area contributed by atoms with Gasteiger partial charge in [-0.3, -0.25) is 9.79 Å². The molecule has 0 unspecified atom stereocenters. The van der Waals surface area contributed by atoms with Gasteiger partial charge in [-0.1, -0.05) is 11.8 Å². The van der Waals surface area contributed by atoms with Crippen LogP contribution in [0, 0.1) is 0 Å². The van der Waals surface area contributed by atoms with Gasteiger partial charge in [0.1, 0.15) is 11.5 Å². The highest BCUT2D eigenvalue weighted by atomic mass is 32.2. The number of fused-ring (bicyclic) bond motifs is 1. The fourth-order valence-corrected chi connectivity index (χ4v) is 7.00. The van der Waals surface area contributed by atoms with Crippen molar-refractivity contribution in [1.82, 2.24) is 0 Å². The van der Waals surface area contributed by atoms with Crippen molar-refractivity contribution in [2.45, 2.75) is 11.3 Å². The fraction of sp³-hybridized carbons (Fsp3) is 0.300. The summed E-state index contributed by atoms with van der Waals surface area (Å²) in [5.74, 6) is 1.19. The zero-order chi connectivity index (χ0) is 21.3. The lowest BCUT2D eigenvalue weighted by Crippen LogP contribution is -2.13. The Morgan fingerprint density at radius 3 is 2.30 bits per heavy atom. The Balaban J connectivity index is 1.40. The molecule has 0 spiro atoms. The first-order valence-corrected chi connectivity index (χ1v) is 11.9. The maximum atomic E-state index is 12.6. The number of aliphatic imine (C=N–C) groups is 1. The smallest absolute Gasteiger partial charge is 0.255 e. The highest BCUT2D eigenvalue weighted by Crippen LogP contribution is 2.34. The third-order valence-corrected chi connectivity index (χ3v) is 7.97. The number of sulfone groups is 1. The third kappa shape index (κ3) is 4.54. The zero-order valence-electron chi connectivity index (χ0n) is 16.4. The number of benzene rings is 2. The molecule has 4 rings (SSSR count). The highest BCUT2D eigenvalue weighted by Gasteiger charge is 2.42. The van der Waals surface area contributed by atoms with E-state index in [0.29, 0.717) is 27.9 Å². The van der Waals surface area contributed by atoms with Crippen molar-refractivity contribution >= 4 is 44.0 Å². The molecule has 158 valence electrons. The van der Waals surface area contributed by atoms with Gasteiger partial charge >= 0.3 is 0 Å². The van der Waals surface area contributed by atoms with Gasteiger partial charge < -0.3 is 20.1 Å². The molecular weight excluding hydrogens is 426 g/mol. The van der Waals surface area contributed by atoms with E-state index < -0.39 is 9.84 Å². The number of ether oxygens (including phenoxy) is 2. The number of methoxy groups -OCH3 is 2. The van der Waals surface area contributed by atoms with Gasteiger partial charge in [0.15, 0.2) is 15.0 Å². The van der Waals surface area contributed by atoms with Crippen LogP contribution < -0.4 is 20.1 Å². The number of nitrogens with one attached hydrogen (secondary N) is 2. The van der Waals surface area contributed by atoms with Crippen LogP contribution in [0.25, 0.3) is 0 Å². The fourth-order valence-electron chi connectivity index (χ4n) is 3.33. The molecule has 2 atom stereocenters. The third-order valence-electron chi connectivity index (χ3n) is 4.83. The van der Waals surface area contributed by atoms with Crippen molar-refractivity contribution in [3.63, 3.8) is 0 Å². The van der Waals surface area contributed by atoms with Crippen molar-refractivity contribution in [2.24, 2.45) is 4.99 Å². The lowest BCUT2D eigenvalue weighted by molar-refractivity contribution is 0.102. The average Bonchev–Trinajstić information content (AvgIpc) is 3.20. The van der Waals surface area contributed by atoms with Crippen molar-refractivity contribution in [3.05, 3.63) is 48.0 Å². The average molecular weight is 448 g/mol. The molecule has 2 heterocycles. The lowest BCUT2D eigenvalue weighted by atomic mass is 10.2. The summed E-state index contributed by atoms with van der Waals surface area (Å²) >= 11 is 1.45. The molecule has 30 heavy (non-hydrogen) atoms. The molecule has 2 aromatic rings. The normalized spacial score (nSPS) is 21.5. The van der Waals surface area contributed by atoms with Crippen LogP contribution in [0.3, 0.4) is 0 Å². The lowest BCUT2D eigenvalue weighted by Gasteiger charge is -2.11. The van der Waals surface area contributed by atoms with Crippen LogP contribution in [0.1, 0.15) is 10.4 Å². The number of amidine groups is 1. The number of thioether (sulfide) groups is 1. The van der Waals surface area contributed by atoms with Crippen LogP contribution in [0.5, 0.6) is 11.5 Å². The molecule has 8 nitrogen and oxygen atoms in total. The van der Waals surface area contributed by atoms with Crippen LogP contribution in [0.4, 0.5) is 11.4 Å². The Hall–Kier alpha value is -2.72. The Bertz CT molecular complexity index is 1080. The molecule has 0 aliphatic carbocycles. The van der Waals surface area contributed by atoms with Gasteiger partial charge in [-0.05, 0) is 24.3 Å². The summed E-state index contributed by atoms with van der Waals surface area (Å²) in [4.78, 5) is 17.0. The number of anilines is 2. The number of rotatable bonds is 5. The van der Waals surface area contributed by atoms with Gasteiger partial charge in [0.2, 0.25) is 0 Å². The highest BCUT2D eigenvalue weighted by molar-refractivity contribution is 8.15. The predicted molar refractivity (Wildman–Crippen MR) is 119 cm³/mol. The second kappa shape index (κ2) is 8.19. The molecule has 2 N–H and O–H groups in total. The van der Waals surface area contributed by atoms with Crippen molar-refractivity contribution < 1.29 is 22.7 Å². The van der Waals surface area contributed by atoms with E-state index in [2.05, 4.69) is 15.6 Å². The van der Waals surface area contributed by atoms with Gasteiger partial charge in [0.05, 0.1) is 31.8 Å². The summed E-state index contributed by atoms with van der Waals surface area (Å²) < 4.78 is 33.7. The van der Waals surface area contributed by atoms with E-state index in [9.17, 15) is 13.2 Å². The number of hydrogen-bond acceptors (Lipinski definition) is 8. The minimum absolute atomic E-state index is 0.0117. The molecule has 10 heteroatoms. The largest absolute Gasteiger partial charge is 0.497 e. The summed E-state index contributed by atoms with van der Waals surface area (Å²) in [5, 5.41) is 6.72. The van der Waals surface area contributed by atoms with Crippen molar-refractivity contribution in [1.29, 1.82) is 0 Å². The first kappa shape index (κ1) is 20.5. The van der Waals surface area contributed by atoms with E-state index in [0.717, 1.165) is 5.69 Å². The van der Waals surface area contributed by atoms with E-state index in [4.69, 9.17) is 9.47 Å². The zero-order valence-corrected chi connectivity index (χ0v) is 18.0. The maximum Gasteiger partial charge on any atom is 0.255 e. The molecule has 2 aliphatic rings. The standard InChI is InChI=1S/C20H21N3O5S2/c1-27-15-7-14(8-16(9-15)28-2)21-19(24)12-3-5-13(6-4-12)22-20-23-17-10-30(25,26)11-18(17)29-20/h3-9,17-18H,10-11H2,1-2H3,(H,21,24)(H,22,23)/t17-,18-/m1/s1. The predicted octanol–water partition coefficient (Wildman–Crippen LogP) is 2.64. The minimum Gasteiger partial charge on any atom is -0.497 e. The quantitative estimate of drug-likeness (QED) is 0.726. The van der Waals surface area contributed by atoms with E-state index in [1.165, 1.54) is 11.8 Å². The second-order valence-electron chi connectivity index (χ2n) is 6.99. The van der Waals surface area contributed by atoms with E-state index in [1.54, 1.807) is 56.7 Å². The first-order chi connectivity index (χ1) is 14.3.